The van der Waals surface area contributed by atoms with Gasteiger partial charge in [0, 0.05) is 62.3 Å². The third-order valence-electron chi connectivity index (χ3n) is 5.12. The molecule has 1 unspecified atom stereocenters. The minimum absolute atomic E-state index is 0.603. The molecule has 27 heavy (non-hydrogen) atoms. The van der Waals surface area contributed by atoms with E-state index in [1.54, 1.807) is 0 Å². The van der Waals surface area contributed by atoms with Crippen LogP contribution in [-0.2, 0) is 13.6 Å². The Bertz CT molecular complexity index is 752. The fourth-order valence-corrected chi connectivity index (χ4v) is 3.80. The molecular weight excluding hydrogens is 402 g/mol. The number of anilines is 1. The standard InChI is InChI=1S/C21H30BrN5/c1-4-23-21(26(3)16-20-6-5-12-25(20)2)24-14-17-11-13-27(15-17)19-9-7-18(22)8-10-19/h5-10,12,17H,4,11,13-16H2,1-3H3,(H,23,24). The summed E-state index contributed by atoms with van der Waals surface area (Å²) in [5.41, 5.74) is 2.59. The van der Waals surface area contributed by atoms with Crippen molar-refractivity contribution in [1.82, 2.24) is 14.8 Å². The second-order valence-corrected chi connectivity index (χ2v) is 8.15. The van der Waals surface area contributed by atoms with Crippen molar-refractivity contribution in [3.05, 3.63) is 52.8 Å². The second-order valence-electron chi connectivity index (χ2n) is 7.24. The lowest BCUT2D eigenvalue weighted by molar-refractivity contribution is 0.458. The molecule has 1 aromatic carbocycles. The normalized spacial score (nSPS) is 17.4. The number of hydrogen-bond donors (Lipinski definition) is 1. The van der Waals surface area contributed by atoms with E-state index in [1.807, 2.05) is 0 Å². The lowest BCUT2D eigenvalue weighted by Gasteiger charge is -2.23. The Morgan fingerprint density at radius 2 is 2.07 bits per heavy atom. The van der Waals surface area contributed by atoms with E-state index in [1.165, 1.54) is 17.8 Å². The molecule has 1 atom stereocenters. The van der Waals surface area contributed by atoms with Crippen LogP contribution in [0.5, 0.6) is 0 Å². The zero-order valence-corrected chi connectivity index (χ0v) is 18.1. The molecule has 0 amide bonds. The summed E-state index contributed by atoms with van der Waals surface area (Å²) in [6.07, 6.45) is 3.28. The summed E-state index contributed by atoms with van der Waals surface area (Å²) < 4.78 is 3.29. The maximum Gasteiger partial charge on any atom is 0.194 e. The smallest absolute Gasteiger partial charge is 0.194 e. The summed E-state index contributed by atoms with van der Waals surface area (Å²) in [5.74, 6) is 1.59. The predicted molar refractivity (Wildman–Crippen MR) is 117 cm³/mol. The lowest BCUT2D eigenvalue weighted by Crippen LogP contribution is -2.39. The van der Waals surface area contributed by atoms with Gasteiger partial charge >= 0.3 is 0 Å². The van der Waals surface area contributed by atoms with E-state index < -0.39 is 0 Å². The molecule has 0 bridgehead atoms. The van der Waals surface area contributed by atoms with Crippen LogP contribution in [0.3, 0.4) is 0 Å². The molecule has 1 saturated heterocycles. The van der Waals surface area contributed by atoms with Crippen LogP contribution in [0.15, 0.2) is 52.1 Å². The SMILES string of the molecule is CCNC(=NCC1CCN(c2ccc(Br)cc2)C1)N(C)Cc1cccn1C. The fourth-order valence-electron chi connectivity index (χ4n) is 3.53. The molecule has 5 nitrogen and oxygen atoms in total. The molecule has 0 aliphatic carbocycles. The van der Waals surface area contributed by atoms with Crippen LogP contribution in [0.2, 0.25) is 0 Å². The first-order chi connectivity index (χ1) is 13.1. The highest BCUT2D eigenvalue weighted by atomic mass is 79.9. The van der Waals surface area contributed by atoms with Crippen LogP contribution in [0.1, 0.15) is 19.0 Å². The van der Waals surface area contributed by atoms with Crippen LogP contribution >= 0.6 is 15.9 Å². The highest BCUT2D eigenvalue weighted by Crippen LogP contribution is 2.25. The molecule has 2 aromatic rings. The fraction of sp³-hybridized carbons (Fsp3) is 0.476. The van der Waals surface area contributed by atoms with Crippen LogP contribution in [0.4, 0.5) is 5.69 Å². The summed E-state index contributed by atoms with van der Waals surface area (Å²) in [6, 6.07) is 12.8. The van der Waals surface area contributed by atoms with Gasteiger partial charge in [-0.05, 0) is 55.7 Å². The predicted octanol–water partition coefficient (Wildman–Crippen LogP) is 3.71. The molecule has 146 valence electrons. The maximum absolute atomic E-state index is 4.94. The first kappa shape index (κ1) is 19.8. The van der Waals surface area contributed by atoms with Crippen molar-refractivity contribution >= 4 is 27.6 Å². The largest absolute Gasteiger partial charge is 0.371 e. The average molecular weight is 432 g/mol. The summed E-state index contributed by atoms with van der Waals surface area (Å²) >= 11 is 3.51. The minimum atomic E-state index is 0.603. The molecule has 2 heterocycles. The molecular formula is C21H30BrN5. The monoisotopic (exact) mass is 431 g/mol. The maximum atomic E-state index is 4.94. The zero-order valence-electron chi connectivity index (χ0n) is 16.5. The first-order valence-corrected chi connectivity index (χ1v) is 10.5. The molecule has 1 aromatic heterocycles. The Labute approximate surface area is 171 Å². The number of aryl methyl sites for hydroxylation is 1. The van der Waals surface area contributed by atoms with Gasteiger partial charge in [-0.25, -0.2) is 0 Å². The van der Waals surface area contributed by atoms with Gasteiger partial charge < -0.3 is 19.7 Å². The highest BCUT2D eigenvalue weighted by Gasteiger charge is 2.22. The Hall–Kier alpha value is -1.95. The summed E-state index contributed by atoms with van der Waals surface area (Å²) in [6.45, 7) is 6.91. The van der Waals surface area contributed by atoms with E-state index >= 15 is 0 Å². The second kappa shape index (κ2) is 9.31. The summed E-state index contributed by atoms with van der Waals surface area (Å²) in [4.78, 5) is 9.61. The number of nitrogens with zero attached hydrogens (tertiary/aromatic N) is 4. The molecule has 1 fully saturated rings. The van der Waals surface area contributed by atoms with E-state index in [4.69, 9.17) is 4.99 Å². The van der Waals surface area contributed by atoms with E-state index in [0.717, 1.165) is 43.2 Å². The lowest BCUT2D eigenvalue weighted by atomic mass is 10.1. The molecule has 1 N–H and O–H groups in total. The van der Waals surface area contributed by atoms with Gasteiger partial charge in [-0.15, -0.1) is 0 Å². The number of benzene rings is 1. The molecule has 1 aliphatic heterocycles. The number of aliphatic imine (C=N–C) groups is 1. The van der Waals surface area contributed by atoms with Gasteiger partial charge in [0.15, 0.2) is 5.96 Å². The van der Waals surface area contributed by atoms with Crippen molar-refractivity contribution < 1.29 is 0 Å². The van der Waals surface area contributed by atoms with Crippen molar-refractivity contribution in [2.75, 3.05) is 38.1 Å². The van der Waals surface area contributed by atoms with Gasteiger partial charge in [0.05, 0.1) is 6.54 Å². The quantitative estimate of drug-likeness (QED) is 0.559. The molecule has 0 radical (unpaired) electrons. The Morgan fingerprint density at radius 3 is 2.74 bits per heavy atom. The van der Waals surface area contributed by atoms with Crippen LogP contribution in [-0.4, -0.2) is 48.7 Å². The molecule has 0 saturated carbocycles. The minimum Gasteiger partial charge on any atom is -0.371 e. The third-order valence-corrected chi connectivity index (χ3v) is 5.65. The molecule has 6 heteroatoms. The summed E-state index contributed by atoms with van der Waals surface area (Å²) in [7, 11) is 4.19. The van der Waals surface area contributed by atoms with Gasteiger partial charge in [0.2, 0.25) is 0 Å². The van der Waals surface area contributed by atoms with Gasteiger partial charge in [-0.1, -0.05) is 15.9 Å². The van der Waals surface area contributed by atoms with Crippen LogP contribution in [0, 0.1) is 5.92 Å². The van der Waals surface area contributed by atoms with Gasteiger partial charge in [0.1, 0.15) is 0 Å². The number of aromatic nitrogens is 1. The van der Waals surface area contributed by atoms with E-state index in [0.29, 0.717) is 5.92 Å². The van der Waals surface area contributed by atoms with E-state index in [9.17, 15) is 0 Å². The van der Waals surface area contributed by atoms with Crippen LogP contribution < -0.4 is 10.2 Å². The number of hydrogen-bond acceptors (Lipinski definition) is 2. The van der Waals surface area contributed by atoms with Crippen molar-refractivity contribution in [2.45, 2.75) is 19.9 Å². The van der Waals surface area contributed by atoms with Gasteiger partial charge in [-0.2, -0.15) is 0 Å². The van der Waals surface area contributed by atoms with Crippen molar-refractivity contribution in [3.8, 4) is 0 Å². The van der Waals surface area contributed by atoms with E-state index in [2.05, 4.69) is 99.2 Å². The number of rotatable bonds is 6. The topological polar surface area (TPSA) is 35.8 Å². The van der Waals surface area contributed by atoms with Gasteiger partial charge in [0.25, 0.3) is 0 Å². The van der Waals surface area contributed by atoms with Gasteiger partial charge in [-0.3, -0.25) is 4.99 Å². The van der Waals surface area contributed by atoms with E-state index in [-0.39, 0.29) is 0 Å². The summed E-state index contributed by atoms with van der Waals surface area (Å²) in [5, 5.41) is 3.44. The Kier molecular flexibility index (Phi) is 6.83. The highest BCUT2D eigenvalue weighted by molar-refractivity contribution is 9.10. The first-order valence-electron chi connectivity index (χ1n) is 9.67. The number of guanidine groups is 1. The Balaban J connectivity index is 1.58. The number of halogens is 1. The van der Waals surface area contributed by atoms with Crippen molar-refractivity contribution in [3.63, 3.8) is 0 Å². The zero-order chi connectivity index (χ0) is 19.2. The molecule has 1 aliphatic rings. The Morgan fingerprint density at radius 1 is 1.30 bits per heavy atom. The van der Waals surface area contributed by atoms with Crippen LogP contribution in [0.25, 0.3) is 0 Å². The van der Waals surface area contributed by atoms with Crippen molar-refractivity contribution in [2.24, 2.45) is 18.0 Å². The van der Waals surface area contributed by atoms with Crippen molar-refractivity contribution in [1.29, 1.82) is 0 Å². The molecule has 0 spiro atoms. The third kappa shape index (κ3) is 5.28. The number of nitrogens with one attached hydrogen (secondary N) is 1. The average Bonchev–Trinajstić information content (AvgIpc) is 3.29. The molecule has 3 rings (SSSR count).